The van der Waals surface area contributed by atoms with Gasteiger partial charge in [-0.3, -0.25) is 9.59 Å². The third-order valence-electron chi connectivity index (χ3n) is 5.38. The third kappa shape index (κ3) is 4.90. The second-order valence-corrected chi connectivity index (χ2v) is 7.18. The molecule has 1 aliphatic rings. The number of hydrogen-bond acceptors (Lipinski definition) is 6. The fourth-order valence-corrected chi connectivity index (χ4v) is 3.91. The van der Waals surface area contributed by atoms with E-state index in [1.54, 1.807) is 27.2 Å². The van der Waals surface area contributed by atoms with Crippen molar-refractivity contribution in [2.24, 2.45) is 5.92 Å². The molecule has 0 N–H and O–H groups in total. The SMILES string of the molecule is CCOC(=O)C1C(=O)C=C(c2ccc(OC)c(OC)c2)CC1c1ccc(OCC)cc1. The summed E-state index contributed by atoms with van der Waals surface area (Å²) in [6.07, 6.45) is 2.06. The molecule has 2 unspecified atom stereocenters. The molecule has 0 fully saturated rings. The molecule has 6 nitrogen and oxygen atoms in total. The van der Waals surface area contributed by atoms with Crippen molar-refractivity contribution in [2.45, 2.75) is 26.2 Å². The molecule has 1 aliphatic carbocycles. The molecule has 2 aromatic rings. The average Bonchev–Trinajstić information content (AvgIpc) is 2.78. The predicted octanol–water partition coefficient (Wildman–Crippen LogP) is 4.42. The highest BCUT2D eigenvalue weighted by Crippen LogP contribution is 2.42. The lowest BCUT2D eigenvalue weighted by Crippen LogP contribution is -2.34. The van der Waals surface area contributed by atoms with Crippen molar-refractivity contribution in [2.75, 3.05) is 27.4 Å². The predicted molar refractivity (Wildman–Crippen MR) is 118 cm³/mol. The van der Waals surface area contributed by atoms with Crippen LogP contribution in [0.2, 0.25) is 0 Å². The van der Waals surface area contributed by atoms with Gasteiger partial charge >= 0.3 is 5.97 Å². The maximum absolute atomic E-state index is 13.1. The first-order chi connectivity index (χ1) is 15.0. The summed E-state index contributed by atoms with van der Waals surface area (Å²) in [6.45, 7) is 4.45. The van der Waals surface area contributed by atoms with Crippen LogP contribution in [-0.4, -0.2) is 39.2 Å². The van der Waals surface area contributed by atoms with Crippen molar-refractivity contribution >= 4 is 17.3 Å². The number of ketones is 1. The van der Waals surface area contributed by atoms with Gasteiger partial charge in [-0.05, 0) is 67.3 Å². The van der Waals surface area contributed by atoms with Crippen LogP contribution in [0.5, 0.6) is 17.2 Å². The monoisotopic (exact) mass is 424 g/mol. The van der Waals surface area contributed by atoms with Crippen LogP contribution in [0.25, 0.3) is 5.57 Å². The van der Waals surface area contributed by atoms with E-state index in [4.69, 9.17) is 18.9 Å². The first-order valence-electron chi connectivity index (χ1n) is 10.4. The minimum atomic E-state index is -0.873. The van der Waals surface area contributed by atoms with Crippen molar-refractivity contribution < 1.29 is 28.5 Å². The van der Waals surface area contributed by atoms with Gasteiger partial charge in [0.05, 0.1) is 27.4 Å². The van der Waals surface area contributed by atoms with Gasteiger partial charge in [-0.1, -0.05) is 18.2 Å². The van der Waals surface area contributed by atoms with Gasteiger partial charge in [0.15, 0.2) is 17.3 Å². The van der Waals surface area contributed by atoms with E-state index in [2.05, 4.69) is 0 Å². The Kier molecular flexibility index (Phi) is 7.34. The molecule has 0 saturated heterocycles. The average molecular weight is 424 g/mol. The Hall–Kier alpha value is -3.28. The molecular weight excluding hydrogens is 396 g/mol. The molecule has 3 rings (SSSR count). The van der Waals surface area contributed by atoms with E-state index in [1.807, 2.05) is 49.4 Å². The minimum Gasteiger partial charge on any atom is -0.494 e. The Morgan fingerprint density at radius 1 is 0.968 bits per heavy atom. The van der Waals surface area contributed by atoms with Gasteiger partial charge in [-0.25, -0.2) is 0 Å². The molecule has 0 amide bonds. The van der Waals surface area contributed by atoms with Crippen LogP contribution >= 0.6 is 0 Å². The summed E-state index contributed by atoms with van der Waals surface area (Å²) >= 11 is 0. The van der Waals surface area contributed by atoms with E-state index in [-0.39, 0.29) is 18.3 Å². The van der Waals surface area contributed by atoms with Crippen molar-refractivity contribution in [3.8, 4) is 17.2 Å². The van der Waals surface area contributed by atoms with Crippen molar-refractivity contribution in [3.63, 3.8) is 0 Å². The summed E-state index contributed by atoms with van der Waals surface area (Å²) in [5.41, 5.74) is 2.58. The van der Waals surface area contributed by atoms with E-state index >= 15 is 0 Å². The molecular formula is C25H28O6. The molecule has 0 spiro atoms. The normalized spacial score (nSPS) is 18.2. The second-order valence-electron chi connectivity index (χ2n) is 7.18. The molecule has 164 valence electrons. The summed E-state index contributed by atoms with van der Waals surface area (Å²) < 4.78 is 21.5. The molecule has 2 aromatic carbocycles. The highest BCUT2D eigenvalue weighted by atomic mass is 16.5. The summed E-state index contributed by atoms with van der Waals surface area (Å²) in [5.74, 6) is -0.0175. The summed E-state index contributed by atoms with van der Waals surface area (Å²) in [4.78, 5) is 25.7. The van der Waals surface area contributed by atoms with E-state index in [1.165, 1.54) is 0 Å². The Balaban J connectivity index is 2.00. The van der Waals surface area contributed by atoms with Crippen molar-refractivity contribution in [1.29, 1.82) is 0 Å². The van der Waals surface area contributed by atoms with Crippen LogP contribution in [0.3, 0.4) is 0 Å². The fraction of sp³-hybridized carbons (Fsp3) is 0.360. The first kappa shape index (κ1) is 22.4. The molecule has 0 radical (unpaired) electrons. The lowest BCUT2D eigenvalue weighted by molar-refractivity contribution is -0.151. The smallest absolute Gasteiger partial charge is 0.317 e. The summed E-state index contributed by atoms with van der Waals surface area (Å²) in [6, 6.07) is 13.1. The highest BCUT2D eigenvalue weighted by Gasteiger charge is 2.39. The summed E-state index contributed by atoms with van der Waals surface area (Å²) in [5, 5.41) is 0. The first-order valence-corrected chi connectivity index (χ1v) is 10.4. The number of esters is 1. The maximum Gasteiger partial charge on any atom is 0.317 e. The Labute approximate surface area is 182 Å². The maximum atomic E-state index is 13.1. The lowest BCUT2D eigenvalue weighted by atomic mass is 9.73. The molecule has 6 heteroatoms. The molecule has 0 bridgehead atoms. The Morgan fingerprint density at radius 2 is 1.68 bits per heavy atom. The van der Waals surface area contributed by atoms with Gasteiger partial charge in [-0.2, -0.15) is 0 Å². The minimum absolute atomic E-state index is 0.227. The molecule has 31 heavy (non-hydrogen) atoms. The second kappa shape index (κ2) is 10.2. The quantitative estimate of drug-likeness (QED) is 0.461. The lowest BCUT2D eigenvalue weighted by Gasteiger charge is -2.29. The van der Waals surface area contributed by atoms with Gasteiger partial charge < -0.3 is 18.9 Å². The number of benzene rings is 2. The van der Waals surface area contributed by atoms with Gasteiger partial charge in [0, 0.05) is 5.92 Å². The topological polar surface area (TPSA) is 71.1 Å². The zero-order valence-corrected chi connectivity index (χ0v) is 18.3. The molecule has 0 aliphatic heterocycles. The van der Waals surface area contributed by atoms with Crippen LogP contribution in [0, 0.1) is 5.92 Å². The van der Waals surface area contributed by atoms with E-state index in [0.717, 1.165) is 22.4 Å². The number of ether oxygens (including phenoxy) is 4. The number of methoxy groups -OCH3 is 2. The van der Waals surface area contributed by atoms with E-state index in [0.29, 0.717) is 24.5 Å². The number of allylic oxidation sites excluding steroid dienone is 2. The van der Waals surface area contributed by atoms with Gasteiger partial charge in [0.2, 0.25) is 0 Å². The van der Waals surface area contributed by atoms with Gasteiger partial charge in [0.25, 0.3) is 0 Å². The number of carbonyl (C=O) groups is 2. The van der Waals surface area contributed by atoms with E-state index in [9.17, 15) is 9.59 Å². The summed E-state index contributed by atoms with van der Waals surface area (Å²) in [7, 11) is 3.15. The zero-order chi connectivity index (χ0) is 22.4. The van der Waals surface area contributed by atoms with E-state index < -0.39 is 11.9 Å². The molecule has 0 aromatic heterocycles. The highest BCUT2D eigenvalue weighted by molar-refractivity contribution is 6.10. The standard InChI is InChI=1S/C25H28O6/c1-5-30-19-10-7-16(8-11-19)20-13-18(14-21(26)24(20)25(27)31-6-2)17-9-12-22(28-3)23(15-17)29-4/h7-12,14-15,20,24H,5-6,13H2,1-4H3. The largest absolute Gasteiger partial charge is 0.494 e. The molecule has 0 saturated carbocycles. The van der Waals surface area contributed by atoms with Crippen molar-refractivity contribution in [3.05, 3.63) is 59.7 Å². The molecule has 0 heterocycles. The van der Waals surface area contributed by atoms with Crippen molar-refractivity contribution in [1.82, 2.24) is 0 Å². The van der Waals surface area contributed by atoms with Crippen LogP contribution in [0.4, 0.5) is 0 Å². The number of hydrogen-bond donors (Lipinski definition) is 0. The molecule has 2 atom stereocenters. The third-order valence-corrected chi connectivity index (χ3v) is 5.38. The Morgan fingerprint density at radius 3 is 2.29 bits per heavy atom. The van der Waals surface area contributed by atoms with Crippen LogP contribution in [0.1, 0.15) is 37.3 Å². The van der Waals surface area contributed by atoms with Crippen LogP contribution < -0.4 is 14.2 Å². The number of rotatable bonds is 8. The number of carbonyl (C=O) groups excluding carboxylic acids is 2. The van der Waals surface area contributed by atoms with Crippen LogP contribution in [0.15, 0.2) is 48.5 Å². The zero-order valence-electron chi connectivity index (χ0n) is 18.3. The van der Waals surface area contributed by atoms with Gasteiger partial charge in [0.1, 0.15) is 11.7 Å². The van der Waals surface area contributed by atoms with Crippen LogP contribution in [-0.2, 0) is 14.3 Å². The Bertz CT molecular complexity index is 960. The van der Waals surface area contributed by atoms with Gasteiger partial charge in [-0.15, -0.1) is 0 Å². The fourth-order valence-electron chi connectivity index (χ4n) is 3.91.